The summed E-state index contributed by atoms with van der Waals surface area (Å²) in [5, 5.41) is 5.59. The van der Waals surface area contributed by atoms with E-state index in [1.54, 1.807) is 18.3 Å². The Morgan fingerprint density at radius 3 is 2.66 bits per heavy atom. The minimum absolute atomic E-state index is 0.157. The van der Waals surface area contributed by atoms with Crippen LogP contribution in [-0.4, -0.2) is 38.4 Å². The maximum Gasteiger partial charge on any atom is 0.257 e. The molecule has 2 N–H and O–H groups in total. The molecule has 1 aliphatic heterocycles. The summed E-state index contributed by atoms with van der Waals surface area (Å²) in [6.45, 7) is 7.69. The fraction of sp³-hybridized carbons (Fsp3) is 0.381. The molecule has 3 aromatic rings. The Morgan fingerprint density at radius 1 is 1.28 bits per heavy atom. The summed E-state index contributed by atoms with van der Waals surface area (Å²) in [4.78, 5) is 22.6. The van der Waals surface area contributed by atoms with Gasteiger partial charge in [0, 0.05) is 48.7 Å². The van der Waals surface area contributed by atoms with Crippen LogP contribution in [0.3, 0.4) is 0 Å². The number of amides is 1. The molecule has 2 unspecified atom stereocenters. The fourth-order valence-electron chi connectivity index (χ4n) is 4.05. The number of anilines is 1. The minimum Gasteiger partial charge on any atom is -0.337 e. The molecule has 4 rings (SSSR count). The maximum absolute atomic E-state index is 12.6. The summed E-state index contributed by atoms with van der Waals surface area (Å²) in [6, 6.07) is 7.35. The van der Waals surface area contributed by atoms with E-state index in [0.29, 0.717) is 15.5 Å². The van der Waals surface area contributed by atoms with Crippen molar-refractivity contribution >= 4 is 34.6 Å². The number of H-pyrrole nitrogens is 1. The molecule has 1 saturated heterocycles. The Hall–Kier alpha value is -2.29. The SMILES string of the molecule is CC1CC(C)CN(Cc2csc(NC(=O)c3ccc(-n4cc[nH]c4=S)cc3)n2)C1. The number of likely N-dealkylation sites (tertiary alicyclic amines) is 1. The van der Waals surface area contributed by atoms with Gasteiger partial charge in [-0.25, -0.2) is 4.98 Å². The van der Waals surface area contributed by atoms with E-state index < -0.39 is 0 Å². The summed E-state index contributed by atoms with van der Waals surface area (Å²) in [5.74, 6) is 1.29. The molecule has 3 heterocycles. The van der Waals surface area contributed by atoms with Gasteiger partial charge in [-0.05, 0) is 54.7 Å². The second kappa shape index (κ2) is 8.61. The van der Waals surface area contributed by atoms with Crippen molar-refractivity contribution in [2.45, 2.75) is 26.8 Å². The Balaban J connectivity index is 1.38. The lowest BCUT2D eigenvalue weighted by atomic mass is 9.92. The average Bonchev–Trinajstić information content (AvgIpc) is 3.30. The smallest absolute Gasteiger partial charge is 0.257 e. The van der Waals surface area contributed by atoms with Gasteiger partial charge in [-0.3, -0.25) is 19.6 Å². The van der Waals surface area contributed by atoms with Crippen LogP contribution in [0.4, 0.5) is 5.13 Å². The van der Waals surface area contributed by atoms with Crippen LogP contribution >= 0.6 is 23.6 Å². The first-order valence-corrected chi connectivity index (χ1v) is 11.1. The molecule has 2 atom stereocenters. The highest BCUT2D eigenvalue weighted by molar-refractivity contribution is 7.71. The lowest BCUT2D eigenvalue weighted by Gasteiger charge is -2.34. The molecule has 0 radical (unpaired) electrons. The zero-order valence-electron chi connectivity index (χ0n) is 16.6. The van der Waals surface area contributed by atoms with E-state index in [-0.39, 0.29) is 5.91 Å². The molecule has 152 valence electrons. The minimum atomic E-state index is -0.157. The largest absolute Gasteiger partial charge is 0.337 e. The Bertz CT molecular complexity index is 1030. The quantitative estimate of drug-likeness (QED) is 0.578. The first-order valence-electron chi connectivity index (χ1n) is 9.82. The Labute approximate surface area is 179 Å². The first kappa shape index (κ1) is 20.0. The van der Waals surface area contributed by atoms with Crippen molar-refractivity contribution < 1.29 is 4.79 Å². The average molecular weight is 428 g/mol. The number of nitrogens with zero attached hydrogens (tertiary/aromatic N) is 3. The summed E-state index contributed by atoms with van der Waals surface area (Å²) in [7, 11) is 0. The van der Waals surface area contributed by atoms with Crippen molar-refractivity contribution in [1.82, 2.24) is 19.4 Å². The third-order valence-corrected chi connectivity index (χ3v) is 6.28. The molecule has 1 aromatic carbocycles. The number of rotatable bonds is 5. The molecule has 0 saturated carbocycles. The van der Waals surface area contributed by atoms with Crippen LogP contribution in [0.5, 0.6) is 0 Å². The summed E-state index contributed by atoms with van der Waals surface area (Å²) >= 11 is 6.70. The van der Waals surface area contributed by atoms with Gasteiger partial charge < -0.3 is 4.98 Å². The second-order valence-electron chi connectivity index (χ2n) is 7.92. The van der Waals surface area contributed by atoms with E-state index in [2.05, 4.69) is 34.0 Å². The number of nitrogens with one attached hydrogen (secondary N) is 2. The van der Waals surface area contributed by atoms with E-state index in [1.165, 1.54) is 17.8 Å². The predicted molar refractivity (Wildman–Crippen MR) is 119 cm³/mol. The number of hydrogen-bond acceptors (Lipinski definition) is 5. The summed E-state index contributed by atoms with van der Waals surface area (Å²) < 4.78 is 2.47. The lowest BCUT2D eigenvalue weighted by Crippen LogP contribution is -2.38. The topological polar surface area (TPSA) is 66.0 Å². The number of aromatic amines is 1. The highest BCUT2D eigenvalue weighted by atomic mass is 32.1. The Kier molecular flexibility index (Phi) is 5.94. The number of thiazole rings is 1. The van der Waals surface area contributed by atoms with Gasteiger partial charge in [0.1, 0.15) is 0 Å². The van der Waals surface area contributed by atoms with Gasteiger partial charge in [0.15, 0.2) is 9.90 Å². The van der Waals surface area contributed by atoms with Gasteiger partial charge in [-0.1, -0.05) is 13.8 Å². The lowest BCUT2D eigenvalue weighted by molar-refractivity contribution is 0.102. The van der Waals surface area contributed by atoms with Crippen LogP contribution < -0.4 is 5.32 Å². The number of carbonyl (C=O) groups is 1. The zero-order chi connectivity index (χ0) is 20.4. The molecule has 29 heavy (non-hydrogen) atoms. The first-order chi connectivity index (χ1) is 14.0. The molecule has 1 fully saturated rings. The van der Waals surface area contributed by atoms with Crippen molar-refractivity contribution in [1.29, 1.82) is 0 Å². The molecule has 0 aliphatic carbocycles. The van der Waals surface area contributed by atoms with Gasteiger partial charge >= 0.3 is 0 Å². The van der Waals surface area contributed by atoms with Crippen molar-refractivity contribution in [3.63, 3.8) is 0 Å². The zero-order valence-corrected chi connectivity index (χ0v) is 18.2. The number of imidazole rings is 1. The van der Waals surface area contributed by atoms with Crippen molar-refractivity contribution in [3.05, 3.63) is 58.1 Å². The van der Waals surface area contributed by atoms with Gasteiger partial charge in [0.2, 0.25) is 0 Å². The molecule has 2 aromatic heterocycles. The van der Waals surface area contributed by atoms with Crippen molar-refractivity contribution in [2.24, 2.45) is 11.8 Å². The fourth-order valence-corrected chi connectivity index (χ4v) is 4.98. The number of hydrogen-bond donors (Lipinski definition) is 2. The normalized spacial score (nSPS) is 19.9. The predicted octanol–water partition coefficient (Wildman–Crippen LogP) is 4.72. The number of aromatic nitrogens is 3. The molecule has 8 heteroatoms. The van der Waals surface area contributed by atoms with Crippen LogP contribution in [0.25, 0.3) is 5.69 Å². The molecule has 6 nitrogen and oxygen atoms in total. The second-order valence-corrected chi connectivity index (χ2v) is 9.17. The van der Waals surface area contributed by atoms with E-state index in [1.807, 2.05) is 28.3 Å². The third-order valence-electron chi connectivity index (χ3n) is 5.16. The number of piperidine rings is 1. The highest BCUT2D eigenvalue weighted by Crippen LogP contribution is 2.24. The van der Waals surface area contributed by atoms with E-state index in [0.717, 1.165) is 42.9 Å². The monoisotopic (exact) mass is 427 g/mol. The summed E-state index contributed by atoms with van der Waals surface area (Å²) in [5.41, 5.74) is 2.52. The molecular weight excluding hydrogens is 402 g/mol. The van der Waals surface area contributed by atoms with Crippen LogP contribution in [0, 0.1) is 16.6 Å². The molecular formula is C21H25N5OS2. The molecule has 0 spiro atoms. The molecule has 1 amide bonds. The highest BCUT2D eigenvalue weighted by Gasteiger charge is 2.22. The van der Waals surface area contributed by atoms with Gasteiger partial charge in [-0.15, -0.1) is 11.3 Å². The number of carbonyl (C=O) groups excluding carboxylic acids is 1. The van der Waals surface area contributed by atoms with Crippen LogP contribution in [0.1, 0.15) is 36.3 Å². The van der Waals surface area contributed by atoms with Crippen molar-refractivity contribution in [3.8, 4) is 5.69 Å². The van der Waals surface area contributed by atoms with E-state index in [9.17, 15) is 4.79 Å². The van der Waals surface area contributed by atoms with Gasteiger partial charge in [0.25, 0.3) is 5.91 Å². The van der Waals surface area contributed by atoms with Gasteiger partial charge in [0.05, 0.1) is 5.69 Å². The van der Waals surface area contributed by atoms with Crippen LogP contribution in [0.15, 0.2) is 42.0 Å². The number of benzene rings is 1. The third kappa shape index (κ3) is 4.83. The standard InChI is InChI=1S/C21H25N5OS2/c1-14-9-15(2)11-25(10-14)12-17-13-29-20(23-17)24-19(27)16-3-5-18(6-4-16)26-8-7-22-21(26)28/h3-8,13-15H,9-12H2,1-2H3,(H,22,28)(H,23,24,27). The summed E-state index contributed by atoms with van der Waals surface area (Å²) in [6.07, 6.45) is 4.94. The Morgan fingerprint density at radius 2 is 2.00 bits per heavy atom. The van der Waals surface area contributed by atoms with Crippen LogP contribution in [-0.2, 0) is 6.54 Å². The van der Waals surface area contributed by atoms with E-state index in [4.69, 9.17) is 12.2 Å². The maximum atomic E-state index is 12.6. The van der Waals surface area contributed by atoms with Crippen LogP contribution in [0.2, 0.25) is 0 Å². The molecule has 0 bridgehead atoms. The van der Waals surface area contributed by atoms with Gasteiger partial charge in [-0.2, -0.15) is 0 Å². The van der Waals surface area contributed by atoms with Crippen molar-refractivity contribution in [2.75, 3.05) is 18.4 Å². The van der Waals surface area contributed by atoms with E-state index >= 15 is 0 Å². The molecule has 1 aliphatic rings.